The summed E-state index contributed by atoms with van der Waals surface area (Å²) in [5.74, 6) is 0.124. The van der Waals surface area contributed by atoms with Crippen LogP contribution in [0.25, 0.3) is 0 Å². The van der Waals surface area contributed by atoms with Gasteiger partial charge in [0.15, 0.2) is 0 Å². The van der Waals surface area contributed by atoms with E-state index in [2.05, 4.69) is 29.2 Å². The molecule has 0 aliphatic carbocycles. The van der Waals surface area contributed by atoms with Crippen LogP contribution in [0.4, 0.5) is 0 Å². The molecule has 1 saturated heterocycles. The lowest BCUT2D eigenvalue weighted by atomic mass is 10.0. The number of likely N-dealkylation sites (tertiary alicyclic amines) is 1. The molecule has 2 heterocycles. The van der Waals surface area contributed by atoms with Gasteiger partial charge in [-0.15, -0.1) is 24.8 Å². The van der Waals surface area contributed by atoms with Crippen molar-refractivity contribution in [2.24, 2.45) is 7.05 Å². The van der Waals surface area contributed by atoms with Gasteiger partial charge in [-0.3, -0.25) is 9.48 Å². The first-order valence-electron chi connectivity index (χ1n) is 8.10. The zero-order chi connectivity index (χ0) is 16.3. The minimum absolute atomic E-state index is 0. The number of likely N-dealkylation sites (N-methyl/N-ethyl adjacent to an activating group) is 2. The van der Waals surface area contributed by atoms with Gasteiger partial charge in [-0.1, -0.05) is 0 Å². The molecule has 1 aliphatic heterocycles. The number of carbonyl (C=O) groups excluding carboxylic acids is 1. The van der Waals surface area contributed by atoms with Gasteiger partial charge in [0, 0.05) is 51.0 Å². The highest BCUT2D eigenvalue weighted by atomic mass is 35.5. The monoisotopic (exact) mass is 379 g/mol. The molecule has 1 aromatic heterocycles. The topological polar surface area (TPSA) is 53.4 Å². The van der Waals surface area contributed by atoms with Gasteiger partial charge in [-0.2, -0.15) is 5.10 Å². The summed E-state index contributed by atoms with van der Waals surface area (Å²) in [5, 5.41) is 7.29. The van der Waals surface area contributed by atoms with Crippen LogP contribution in [0.5, 0.6) is 0 Å². The average molecular weight is 380 g/mol. The third-order valence-electron chi connectivity index (χ3n) is 4.72. The molecule has 0 saturated carbocycles. The van der Waals surface area contributed by atoms with Gasteiger partial charge < -0.3 is 15.1 Å². The molecule has 24 heavy (non-hydrogen) atoms. The first kappa shape index (κ1) is 23.2. The molecule has 0 spiro atoms. The number of aromatic nitrogens is 2. The van der Waals surface area contributed by atoms with Crippen LogP contribution in [0.3, 0.4) is 0 Å². The Morgan fingerprint density at radius 2 is 1.92 bits per heavy atom. The molecule has 1 aromatic rings. The minimum Gasteiger partial charge on any atom is -0.341 e. The van der Waals surface area contributed by atoms with Crippen LogP contribution >= 0.6 is 24.8 Å². The Bertz CT molecular complexity index is 500. The third kappa shape index (κ3) is 5.34. The van der Waals surface area contributed by atoms with Crippen molar-refractivity contribution in [3.05, 3.63) is 18.0 Å². The van der Waals surface area contributed by atoms with Crippen LogP contribution < -0.4 is 5.32 Å². The highest BCUT2D eigenvalue weighted by Gasteiger charge is 2.30. The Hall–Kier alpha value is -0.820. The summed E-state index contributed by atoms with van der Waals surface area (Å²) in [6, 6.07) is 0.597. The molecule has 1 aliphatic rings. The summed E-state index contributed by atoms with van der Waals surface area (Å²) >= 11 is 0. The number of piperidine rings is 1. The Morgan fingerprint density at radius 1 is 1.33 bits per heavy atom. The van der Waals surface area contributed by atoms with Crippen molar-refractivity contribution in [2.75, 3.05) is 27.2 Å². The largest absolute Gasteiger partial charge is 0.341 e. The van der Waals surface area contributed by atoms with Crippen LogP contribution in [0.1, 0.15) is 38.3 Å². The van der Waals surface area contributed by atoms with Crippen molar-refractivity contribution in [3.63, 3.8) is 0 Å². The minimum atomic E-state index is -0.318. The SMILES string of the molecule is CNC(C(=O)N(C)C1CCN(C(C)C)CC1)c1cnn(C)c1.Cl.Cl. The van der Waals surface area contributed by atoms with E-state index >= 15 is 0 Å². The molecule has 0 aromatic carbocycles. The van der Waals surface area contributed by atoms with Gasteiger partial charge in [0.2, 0.25) is 5.91 Å². The van der Waals surface area contributed by atoms with Crippen molar-refractivity contribution in [3.8, 4) is 0 Å². The molecular weight excluding hydrogens is 349 g/mol. The number of hydrogen-bond donors (Lipinski definition) is 1. The fraction of sp³-hybridized carbons (Fsp3) is 0.750. The lowest BCUT2D eigenvalue weighted by Crippen LogP contribution is -2.49. The summed E-state index contributed by atoms with van der Waals surface area (Å²) in [5.41, 5.74) is 0.918. The molecule has 0 radical (unpaired) electrons. The number of hydrogen-bond acceptors (Lipinski definition) is 4. The number of carbonyl (C=O) groups is 1. The standard InChI is InChI=1S/C16H29N5O.2ClH/c1-12(2)21-8-6-14(7-9-21)20(5)16(22)15(17-3)13-10-18-19(4)11-13;;/h10-12,14-15,17H,6-9H2,1-5H3;2*1H. The number of amides is 1. The Labute approximate surface area is 157 Å². The lowest BCUT2D eigenvalue weighted by molar-refractivity contribution is -0.135. The summed E-state index contributed by atoms with van der Waals surface area (Å²) in [4.78, 5) is 17.2. The van der Waals surface area contributed by atoms with Gasteiger partial charge in [-0.05, 0) is 33.7 Å². The number of rotatable bonds is 5. The Morgan fingerprint density at radius 3 is 2.33 bits per heavy atom. The Kier molecular flexibility index (Phi) is 9.88. The number of halogens is 2. The van der Waals surface area contributed by atoms with E-state index < -0.39 is 0 Å². The molecule has 140 valence electrons. The second-order valence-electron chi connectivity index (χ2n) is 6.48. The third-order valence-corrected chi connectivity index (χ3v) is 4.72. The van der Waals surface area contributed by atoms with E-state index in [1.165, 1.54) is 0 Å². The molecule has 1 N–H and O–H groups in total. The van der Waals surface area contributed by atoms with E-state index in [4.69, 9.17) is 0 Å². The van der Waals surface area contributed by atoms with Gasteiger partial charge in [-0.25, -0.2) is 0 Å². The quantitative estimate of drug-likeness (QED) is 0.847. The van der Waals surface area contributed by atoms with Gasteiger partial charge >= 0.3 is 0 Å². The van der Waals surface area contributed by atoms with E-state index in [1.54, 1.807) is 10.9 Å². The molecule has 1 atom stereocenters. The van der Waals surface area contributed by atoms with Gasteiger partial charge in [0.25, 0.3) is 0 Å². The lowest BCUT2D eigenvalue weighted by Gasteiger charge is -2.39. The normalized spacial score (nSPS) is 17.1. The van der Waals surface area contributed by atoms with Crippen LogP contribution in [-0.2, 0) is 11.8 Å². The first-order valence-corrected chi connectivity index (χ1v) is 8.10. The van der Waals surface area contributed by atoms with Gasteiger partial charge in [0.05, 0.1) is 6.20 Å². The van der Waals surface area contributed by atoms with E-state index in [-0.39, 0.29) is 36.8 Å². The molecule has 2 rings (SSSR count). The second-order valence-corrected chi connectivity index (χ2v) is 6.48. The van der Waals surface area contributed by atoms with E-state index in [0.29, 0.717) is 12.1 Å². The average Bonchev–Trinajstić information content (AvgIpc) is 2.93. The van der Waals surface area contributed by atoms with Crippen LogP contribution in [0.15, 0.2) is 12.4 Å². The van der Waals surface area contributed by atoms with Crippen LogP contribution in [0.2, 0.25) is 0 Å². The fourth-order valence-electron chi connectivity index (χ4n) is 3.20. The van der Waals surface area contributed by atoms with Crippen LogP contribution in [-0.4, -0.2) is 64.8 Å². The van der Waals surface area contributed by atoms with E-state index in [1.807, 2.05) is 32.2 Å². The van der Waals surface area contributed by atoms with E-state index in [9.17, 15) is 4.79 Å². The fourth-order valence-corrected chi connectivity index (χ4v) is 3.20. The van der Waals surface area contributed by atoms with Crippen molar-refractivity contribution in [1.29, 1.82) is 0 Å². The highest BCUT2D eigenvalue weighted by molar-refractivity contribution is 5.85. The Balaban J connectivity index is 0.00000264. The highest BCUT2D eigenvalue weighted by Crippen LogP contribution is 2.21. The van der Waals surface area contributed by atoms with Crippen molar-refractivity contribution in [2.45, 2.75) is 44.8 Å². The molecule has 1 amide bonds. The molecule has 1 fully saturated rings. The van der Waals surface area contributed by atoms with Gasteiger partial charge in [0.1, 0.15) is 6.04 Å². The maximum absolute atomic E-state index is 12.8. The maximum atomic E-state index is 12.8. The maximum Gasteiger partial charge on any atom is 0.244 e. The molecular formula is C16H31Cl2N5O. The molecule has 0 bridgehead atoms. The summed E-state index contributed by atoms with van der Waals surface area (Å²) < 4.78 is 1.73. The van der Waals surface area contributed by atoms with Crippen molar-refractivity contribution < 1.29 is 4.79 Å². The smallest absolute Gasteiger partial charge is 0.244 e. The van der Waals surface area contributed by atoms with Crippen LogP contribution in [0, 0.1) is 0 Å². The van der Waals surface area contributed by atoms with E-state index in [0.717, 1.165) is 31.5 Å². The number of nitrogens with zero attached hydrogens (tertiary/aromatic N) is 4. The first-order chi connectivity index (χ1) is 10.4. The molecule has 8 heteroatoms. The summed E-state index contributed by atoms with van der Waals surface area (Å²) in [7, 11) is 5.62. The number of aryl methyl sites for hydroxylation is 1. The predicted molar refractivity (Wildman–Crippen MR) is 102 cm³/mol. The summed E-state index contributed by atoms with van der Waals surface area (Å²) in [6.07, 6.45) is 5.75. The summed E-state index contributed by atoms with van der Waals surface area (Å²) in [6.45, 7) is 6.59. The molecule has 6 nitrogen and oxygen atoms in total. The zero-order valence-electron chi connectivity index (χ0n) is 15.2. The predicted octanol–water partition coefficient (Wildman–Crippen LogP) is 1.86. The number of nitrogens with one attached hydrogen (secondary N) is 1. The van der Waals surface area contributed by atoms with Crippen molar-refractivity contribution in [1.82, 2.24) is 24.9 Å². The van der Waals surface area contributed by atoms with Crippen molar-refractivity contribution >= 4 is 30.7 Å². The zero-order valence-corrected chi connectivity index (χ0v) is 16.9. The second kappa shape index (κ2) is 10.2. The molecule has 1 unspecified atom stereocenters.